The lowest BCUT2D eigenvalue weighted by atomic mass is 10.0. The Labute approximate surface area is 193 Å². The van der Waals surface area contributed by atoms with Gasteiger partial charge in [-0.25, -0.2) is 9.68 Å². The predicted octanol–water partition coefficient (Wildman–Crippen LogP) is 9.27. The quantitative estimate of drug-likeness (QED) is 0.134. The Balaban J connectivity index is 2.16. The summed E-state index contributed by atoms with van der Waals surface area (Å²) < 4.78 is 0. The average Bonchev–Trinajstić information content (AvgIpc) is 2.81. The Hall–Kier alpha value is -1.06. The molecule has 0 radical (unpaired) electrons. The molecule has 1 aromatic carbocycles. The number of nitrogens with zero attached hydrogens (tertiary/aromatic N) is 1. The largest absolute Gasteiger partial charge is 0.249 e. The molecule has 0 aromatic heterocycles. The molecule has 0 aliphatic carbocycles. The van der Waals surface area contributed by atoms with Gasteiger partial charge in [-0.05, 0) is 30.9 Å². The first-order valence-corrected chi connectivity index (χ1v) is 13.4. The highest BCUT2D eigenvalue weighted by Gasteiger charge is 2.12. The molecule has 1 aromatic rings. The van der Waals surface area contributed by atoms with E-state index in [9.17, 15) is 0 Å². The van der Waals surface area contributed by atoms with E-state index < -0.39 is 0 Å². The zero-order valence-electron chi connectivity index (χ0n) is 21.0. The SMILES string of the molecule is CCCCCCCCCCCCCCON(OCC(CC)CCCC)c1ccccc1. The fourth-order valence-corrected chi connectivity index (χ4v) is 3.90. The molecule has 0 N–H and O–H groups in total. The molecule has 0 amide bonds. The molecule has 0 heterocycles. The lowest BCUT2D eigenvalue weighted by Gasteiger charge is -2.25. The van der Waals surface area contributed by atoms with Gasteiger partial charge in [-0.1, -0.05) is 129 Å². The van der Waals surface area contributed by atoms with Gasteiger partial charge >= 0.3 is 0 Å². The molecule has 0 bridgehead atoms. The van der Waals surface area contributed by atoms with Crippen LogP contribution in [0.1, 0.15) is 124 Å². The van der Waals surface area contributed by atoms with Crippen LogP contribution in [0, 0.1) is 5.92 Å². The minimum Gasteiger partial charge on any atom is -0.249 e. The van der Waals surface area contributed by atoms with Crippen LogP contribution in [0.5, 0.6) is 0 Å². The van der Waals surface area contributed by atoms with Crippen LogP contribution in [0.2, 0.25) is 0 Å². The summed E-state index contributed by atoms with van der Waals surface area (Å²) in [5.74, 6) is 0.599. The molecule has 0 fully saturated rings. The van der Waals surface area contributed by atoms with E-state index >= 15 is 0 Å². The normalized spacial score (nSPS) is 12.2. The first kappa shape index (κ1) is 28.0. The number of benzene rings is 1. The summed E-state index contributed by atoms with van der Waals surface area (Å²) in [6.07, 6.45) is 21.2. The van der Waals surface area contributed by atoms with Crippen LogP contribution in [-0.4, -0.2) is 13.2 Å². The maximum atomic E-state index is 6.10. The van der Waals surface area contributed by atoms with Crippen molar-refractivity contribution in [1.82, 2.24) is 0 Å². The Morgan fingerprint density at radius 2 is 1.19 bits per heavy atom. The first-order valence-electron chi connectivity index (χ1n) is 13.4. The highest BCUT2D eigenvalue weighted by atomic mass is 16.9. The highest BCUT2D eigenvalue weighted by Crippen LogP contribution is 2.19. The first-order chi connectivity index (χ1) is 15.3. The molecule has 0 saturated carbocycles. The van der Waals surface area contributed by atoms with E-state index in [2.05, 4.69) is 32.9 Å². The fourth-order valence-electron chi connectivity index (χ4n) is 3.90. The minimum atomic E-state index is 0.599. The van der Waals surface area contributed by atoms with E-state index in [0.717, 1.165) is 31.7 Å². The molecule has 180 valence electrons. The number of para-hydroxylation sites is 1. The molecular weight excluding hydrogens is 382 g/mol. The van der Waals surface area contributed by atoms with Crippen LogP contribution < -0.4 is 5.23 Å². The van der Waals surface area contributed by atoms with Crippen molar-refractivity contribution in [2.75, 3.05) is 18.4 Å². The molecule has 0 aliphatic rings. The van der Waals surface area contributed by atoms with Gasteiger partial charge < -0.3 is 0 Å². The van der Waals surface area contributed by atoms with Crippen LogP contribution in [-0.2, 0) is 9.68 Å². The number of unbranched alkanes of at least 4 members (excludes halogenated alkanes) is 12. The van der Waals surface area contributed by atoms with Gasteiger partial charge in [-0.3, -0.25) is 0 Å². The molecule has 31 heavy (non-hydrogen) atoms. The number of hydrogen-bond acceptors (Lipinski definition) is 3. The van der Waals surface area contributed by atoms with Crippen molar-refractivity contribution in [3.05, 3.63) is 30.3 Å². The Bertz CT molecular complexity index is 479. The van der Waals surface area contributed by atoms with Crippen molar-refractivity contribution in [3.63, 3.8) is 0 Å². The van der Waals surface area contributed by atoms with Crippen molar-refractivity contribution in [1.29, 1.82) is 0 Å². The van der Waals surface area contributed by atoms with Crippen LogP contribution in [0.25, 0.3) is 0 Å². The Morgan fingerprint density at radius 3 is 1.74 bits per heavy atom. The van der Waals surface area contributed by atoms with Crippen molar-refractivity contribution in [3.8, 4) is 0 Å². The second-order valence-electron chi connectivity index (χ2n) is 9.03. The van der Waals surface area contributed by atoms with Crippen LogP contribution in [0.15, 0.2) is 30.3 Å². The zero-order valence-corrected chi connectivity index (χ0v) is 21.0. The Morgan fingerprint density at radius 1 is 0.645 bits per heavy atom. The summed E-state index contributed by atoms with van der Waals surface area (Å²) >= 11 is 0. The third-order valence-electron chi connectivity index (χ3n) is 6.14. The lowest BCUT2D eigenvalue weighted by molar-refractivity contribution is -0.101. The van der Waals surface area contributed by atoms with Gasteiger partial charge in [0.25, 0.3) is 0 Å². The van der Waals surface area contributed by atoms with Crippen molar-refractivity contribution < 1.29 is 9.68 Å². The monoisotopic (exact) mass is 433 g/mol. The molecule has 0 spiro atoms. The maximum Gasteiger partial charge on any atom is 0.0947 e. The third kappa shape index (κ3) is 15.4. The molecule has 3 heteroatoms. The van der Waals surface area contributed by atoms with E-state index in [1.807, 2.05) is 18.2 Å². The molecule has 0 saturated heterocycles. The summed E-state index contributed by atoms with van der Waals surface area (Å²) in [5, 5.41) is 1.66. The van der Waals surface area contributed by atoms with Gasteiger partial charge in [0, 0.05) is 0 Å². The average molecular weight is 434 g/mol. The summed E-state index contributed by atoms with van der Waals surface area (Å²) in [6, 6.07) is 10.2. The van der Waals surface area contributed by atoms with Crippen LogP contribution in [0.4, 0.5) is 5.69 Å². The predicted molar refractivity (Wildman–Crippen MR) is 135 cm³/mol. The molecular formula is C28H51NO2. The summed E-state index contributed by atoms with van der Waals surface area (Å²) in [6.45, 7) is 8.24. The number of anilines is 1. The van der Waals surface area contributed by atoms with Gasteiger partial charge in [0.2, 0.25) is 0 Å². The van der Waals surface area contributed by atoms with Crippen LogP contribution >= 0.6 is 0 Å². The summed E-state index contributed by atoms with van der Waals surface area (Å²) in [5.41, 5.74) is 0.979. The summed E-state index contributed by atoms with van der Waals surface area (Å²) in [4.78, 5) is 12.1. The molecule has 1 unspecified atom stereocenters. The van der Waals surface area contributed by atoms with Crippen molar-refractivity contribution in [2.24, 2.45) is 5.92 Å². The Kier molecular flexibility index (Phi) is 18.8. The fraction of sp³-hybridized carbons (Fsp3) is 0.786. The number of hydrogen-bond donors (Lipinski definition) is 0. The van der Waals surface area contributed by atoms with Gasteiger partial charge in [0.05, 0.1) is 18.9 Å². The van der Waals surface area contributed by atoms with E-state index in [1.54, 1.807) is 5.23 Å². The zero-order chi connectivity index (χ0) is 22.4. The smallest absolute Gasteiger partial charge is 0.0947 e. The van der Waals surface area contributed by atoms with Gasteiger partial charge in [0.1, 0.15) is 0 Å². The molecule has 0 aliphatic heterocycles. The topological polar surface area (TPSA) is 21.7 Å². The molecule has 3 nitrogen and oxygen atoms in total. The maximum absolute atomic E-state index is 6.10. The highest BCUT2D eigenvalue weighted by molar-refractivity contribution is 5.40. The lowest BCUT2D eigenvalue weighted by Crippen LogP contribution is -2.27. The van der Waals surface area contributed by atoms with Gasteiger partial charge in [-0.15, -0.1) is 5.23 Å². The second-order valence-corrected chi connectivity index (χ2v) is 9.03. The van der Waals surface area contributed by atoms with Gasteiger partial charge in [0.15, 0.2) is 0 Å². The third-order valence-corrected chi connectivity index (χ3v) is 6.14. The molecule has 1 rings (SSSR count). The van der Waals surface area contributed by atoms with E-state index in [-0.39, 0.29) is 0 Å². The van der Waals surface area contributed by atoms with Gasteiger partial charge in [-0.2, -0.15) is 0 Å². The molecule has 1 atom stereocenters. The van der Waals surface area contributed by atoms with E-state index in [0.29, 0.717) is 5.92 Å². The second kappa shape index (κ2) is 20.8. The standard InChI is InChI=1S/C28H51NO2/c1-4-7-9-10-11-12-13-14-15-16-17-21-25-30-29(28-23-19-18-20-24-28)31-26-27(6-3)22-8-5-2/h18-20,23-24,27H,4-17,21-22,25-26H2,1-3H3. The minimum absolute atomic E-state index is 0.599. The van der Waals surface area contributed by atoms with Crippen molar-refractivity contribution in [2.45, 2.75) is 124 Å². The summed E-state index contributed by atoms with van der Waals surface area (Å²) in [7, 11) is 0. The number of rotatable bonds is 22. The van der Waals surface area contributed by atoms with E-state index in [4.69, 9.17) is 9.68 Å². The van der Waals surface area contributed by atoms with Crippen LogP contribution in [0.3, 0.4) is 0 Å². The van der Waals surface area contributed by atoms with E-state index in [1.165, 1.54) is 89.9 Å². The van der Waals surface area contributed by atoms with Crippen molar-refractivity contribution >= 4 is 5.69 Å².